The normalized spacial score (nSPS) is 19.0. The lowest BCUT2D eigenvalue weighted by atomic mass is 9.97. The minimum Gasteiger partial charge on any atom is -0.357 e. The molecule has 1 saturated heterocycles. The number of nitrogens with one attached hydrogen (secondary N) is 3. The molecule has 2 aromatic carbocycles. The Morgan fingerprint density at radius 3 is 2.70 bits per heavy atom. The van der Waals surface area contributed by atoms with E-state index in [0.717, 1.165) is 55.4 Å². The number of halogens is 1. The van der Waals surface area contributed by atoms with Crippen molar-refractivity contribution in [1.29, 1.82) is 0 Å². The Kier molecular flexibility index (Phi) is 9.68. The first-order valence-corrected chi connectivity index (χ1v) is 11.5. The van der Waals surface area contributed by atoms with E-state index in [-0.39, 0.29) is 24.0 Å². The van der Waals surface area contributed by atoms with Crippen molar-refractivity contribution in [2.75, 3.05) is 13.1 Å². The summed E-state index contributed by atoms with van der Waals surface area (Å²) in [6.45, 7) is 7.99. The van der Waals surface area contributed by atoms with Gasteiger partial charge in [-0.3, -0.25) is 10.00 Å². The summed E-state index contributed by atoms with van der Waals surface area (Å²) in [7, 11) is 0. The first-order valence-electron chi connectivity index (χ1n) is 11.5. The Bertz CT molecular complexity index is 991. The van der Waals surface area contributed by atoms with Crippen molar-refractivity contribution in [1.82, 2.24) is 30.7 Å². The standard InChI is InChI=1S/C25H33N7.HI/c1-3-26-25(27-16-21-10-7-11-22(15-21)24-28-18-29-31-24)30-23-12-13-32(19(2)14-23)17-20-8-5-4-6-9-20;/h4-11,15,18-19,23H,3,12-14,16-17H2,1-2H3,(H2,26,27,30)(H,28,29,31);1H. The van der Waals surface area contributed by atoms with E-state index in [9.17, 15) is 0 Å². The van der Waals surface area contributed by atoms with E-state index in [2.05, 4.69) is 87.0 Å². The number of aromatic nitrogens is 3. The highest BCUT2D eigenvalue weighted by molar-refractivity contribution is 14.0. The second-order valence-electron chi connectivity index (χ2n) is 8.40. The van der Waals surface area contributed by atoms with Crippen LogP contribution >= 0.6 is 24.0 Å². The molecule has 2 atom stereocenters. The van der Waals surface area contributed by atoms with Gasteiger partial charge in [-0.05, 0) is 43.9 Å². The lowest BCUT2D eigenvalue weighted by Gasteiger charge is -2.38. The van der Waals surface area contributed by atoms with Gasteiger partial charge in [-0.2, -0.15) is 5.10 Å². The molecule has 0 amide bonds. The predicted molar refractivity (Wildman–Crippen MR) is 145 cm³/mol. The molecular weight excluding hydrogens is 525 g/mol. The number of nitrogens with zero attached hydrogens (tertiary/aromatic N) is 4. The fourth-order valence-corrected chi connectivity index (χ4v) is 4.25. The number of aliphatic imine (C=N–C) groups is 1. The zero-order chi connectivity index (χ0) is 22.2. The Morgan fingerprint density at radius 1 is 1.15 bits per heavy atom. The minimum absolute atomic E-state index is 0. The van der Waals surface area contributed by atoms with Gasteiger partial charge >= 0.3 is 0 Å². The van der Waals surface area contributed by atoms with Crippen LogP contribution in [0.3, 0.4) is 0 Å². The molecule has 0 spiro atoms. The number of guanidine groups is 1. The van der Waals surface area contributed by atoms with Crippen LogP contribution in [0.15, 0.2) is 65.9 Å². The molecule has 0 radical (unpaired) electrons. The van der Waals surface area contributed by atoms with Crippen molar-refractivity contribution < 1.29 is 0 Å². The average molecular weight is 560 g/mol. The summed E-state index contributed by atoms with van der Waals surface area (Å²) in [4.78, 5) is 11.7. The maximum Gasteiger partial charge on any atom is 0.191 e. The fraction of sp³-hybridized carbons (Fsp3) is 0.400. The van der Waals surface area contributed by atoms with Crippen LogP contribution in [0, 0.1) is 0 Å². The fourth-order valence-electron chi connectivity index (χ4n) is 4.25. The van der Waals surface area contributed by atoms with Gasteiger partial charge in [0.2, 0.25) is 0 Å². The number of hydrogen-bond donors (Lipinski definition) is 3. The highest BCUT2D eigenvalue weighted by Crippen LogP contribution is 2.20. The summed E-state index contributed by atoms with van der Waals surface area (Å²) in [6.07, 6.45) is 3.75. The van der Waals surface area contributed by atoms with Crippen molar-refractivity contribution in [2.24, 2.45) is 4.99 Å². The van der Waals surface area contributed by atoms with E-state index in [0.29, 0.717) is 18.6 Å². The zero-order valence-corrected chi connectivity index (χ0v) is 21.7. The summed E-state index contributed by atoms with van der Waals surface area (Å²) in [6, 6.07) is 20.0. The third-order valence-electron chi connectivity index (χ3n) is 5.96. The third kappa shape index (κ3) is 7.26. The molecule has 3 aromatic rings. The SMILES string of the molecule is CCNC(=NCc1cccc(-c2ncn[nH]2)c1)NC1CCN(Cc2ccccc2)C(C)C1.I. The molecule has 4 rings (SSSR count). The number of H-pyrrole nitrogens is 1. The second-order valence-corrected chi connectivity index (χ2v) is 8.40. The van der Waals surface area contributed by atoms with Gasteiger partial charge in [0.15, 0.2) is 11.8 Å². The van der Waals surface area contributed by atoms with Gasteiger partial charge in [-0.1, -0.05) is 48.5 Å². The van der Waals surface area contributed by atoms with E-state index in [1.54, 1.807) is 0 Å². The van der Waals surface area contributed by atoms with Gasteiger partial charge in [0.1, 0.15) is 6.33 Å². The Balaban J connectivity index is 0.00000306. The third-order valence-corrected chi connectivity index (χ3v) is 5.96. The van der Waals surface area contributed by atoms with Crippen LogP contribution in [0.2, 0.25) is 0 Å². The Morgan fingerprint density at radius 2 is 1.97 bits per heavy atom. The van der Waals surface area contributed by atoms with Crippen LogP contribution in [0.5, 0.6) is 0 Å². The quantitative estimate of drug-likeness (QED) is 0.230. The number of rotatable bonds is 7. The number of hydrogen-bond acceptors (Lipinski definition) is 4. The molecule has 176 valence electrons. The van der Waals surface area contributed by atoms with E-state index < -0.39 is 0 Å². The van der Waals surface area contributed by atoms with Crippen molar-refractivity contribution >= 4 is 29.9 Å². The minimum atomic E-state index is 0. The highest BCUT2D eigenvalue weighted by Gasteiger charge is 2.25. The summed E-state index contributed by atoms with van der Waals surface area (Å²) in [5.74, 6) is 1.66. The van der Waals surface area contributed by atoms with E-state index in [4.69, 9.17) is 4.99 Å². The van der Waals surface area contributed by atoms with Gasteiger partial charge in [0.25, 0.3) is 0 Å². The molecule has 33 heavy (non-hydrogen) atoms. The predicted octanol–water partition coefficient (Wildman–Crippen LogP) is 4.20. The molecule has 0 aliphatic carbocycles. The number of benzene rings is 2. The molecule has 1 aliphatic rings. The Labute approximate surface area is 213 Å². The lowest BCUT2D eigenvalue weighted by molar-refractivity contribution is 0.134. The lowest BCUT2D eigenvalue weighted by Crippen LogP contribution is -2.51. The molecule has 2 unspecified atom stereocenters. The van der Waals surface area contributed by atoms with Crippen molar-refractivity contribution in [2.45, 2.75) is 51.9 Å². The molecular formula is C25H34IN7. The summed E-state index contributed by atoms with van der Waals surface area (Å²) < 4.78 is 0. The zero-order valence-electron chi connectivity index (χ0n) is 19.4. The first kappa shape index (κ1) is 25.2. The maximum absolute atomic E-state index is 4.85. The largest absolute Gasteiger partial charge is 0.357 e. The van der Waals surface area contributed by atoms with Crippen LogP contribution in [0.4, 0.5) is 0 Å². The topological polar surface area (TPSA) is 81.2 Å². The van der Waals surface area contributed by atoms with Gasteiger partial charge < -0.3 is 10.6 Å². The van der Waals surface area contributed by atoms with Crippen LogP contribution in [0.1, 0.15) is 37.8 Å². The van der Waals surface area contributed by atoms with E-state index in [1.165, 1.54) is 11.9 Å². The molecule has 1 fully saturated rings. The molecule has 0 bridgehead atoms. The van der Waals surface area contributed by atoms with Gasteiger partial charge in [0.05, 0.1) is 6.54 Å². The van der Waals surface area contributed by atoms with E-state index >= 15 is 0 Å². The highest BCUT2D eigenvalue weighted by atomic mass is 127. The van der Waals surface area contributed by atoms with Crippen LogP contribution in [-0.4, -0.2) is 51.2 Å². The monoisotopic (exact) mass is 559 g/mol. The summed E-state index contributed by atoms with van der Waals surface area (Å²) >= 11 is 0. The van der Waals surface area contributed by atoms with Crippen molar-refractivity contribution in [3.05, 3.63) is 72.1 Å². The van der Waals surface area contributed by atoms with Crippen LogP contribution < -0.4 is 10.6 Å². The van der Waals surface area contributed by atoms with Crippen LogP contribution in [-0.2, 0) is 13.1 Å². The second kappa shape index (κ2) is 12.7. The molecule has 1 aliphatic heterocycles. The molecule has 2 heterocycles. The smallest absolute Gasteiger partial charge is 0.191 e. The van der Waals surface area contributed by atoms with Gasteiger partial charge in [0, 0.05) is 37.3 Å². The van der Waals surface area contributed by atoms with Crippen LogP contribution in [0.25, 0.3) is 11.4 Å². The maximum atomic E-state index is 4.85. The number of aromatic amines is 1. The molecule has 0 saturated carbocycles. The molecule has 3 N–H and O–H groups in total. The van der Waals surface area contributed by atoms with E-state index in [1.807, 2.05) is 12.1 Å². The summed E-state index contributed by atoms with van der Waals surface area (Å²) in [5, 5.41) is 13.9. The van der Waals surface area contributed by atoms with Gasteiger partial charge in [-0.25, -0.2) is 9.98 Å². The molecule has 8 heteroatoms. The van der Waals surface area contributed by atoms with Crippen molar-refractivity contribution in [3.8, 4) is 11.4 Å². The molecule has 1 aromatic heterocycles. The number of piperidine rings is 1. The van der Waals surface area contributed by atoms with Crippen molar-refractivity contribution in [3.63, 3.8) is 0 Å². The first-order chi connectivity index (χ1) is 15.7. The van der Waals surface area contributed by atoms with Gasteiger partial charge in [-0.15, -0.1) is 24.0 Å². The number of likely N-dealkylation sites (tertiary alicyclic amines) is 1. The molecule has 7 nitrogen and oxygen atoms in total. The Hall–Kier alpha value is -2.46. The average Bonchev–Trinajstić information content (AvgIpc) is 3.36. The summed E-state index contributed by atoms with van der Waals surface area (Å²) in [5.41, 5.74) is 3.54.